The number of nitrogens with one attached hydrogen (secondary N) is 2. The van der Waals surface area contributed by atoms with Crippen molar-refractivity contribution in [3.8, 4) is 11.5 Å². The number of carbonyl (C=O) groups is 1. The molecule has 0 saturated carbocycles. The Morgan fingerprint density at radius 1 is 1.15 bits per heavy atom. The average Bonchev–Trinajstić information content (AvgIpc) is 2.63. The molecule has 7 nitrogen and oxygen atoms in total. The van der Waals surface area contributed by atoms with Gasteiger partial charge in [-0.25, -0.2) is 8.42 Å². The van der Waals surface area contributed by atoms with Crippen molar-refractivity contribution in [2.75, 3.05) is 6.61 Å². The molecule has 0 heterocycles. The minimum absolute atomic E-state index is 0.0182. The Kier molecular flexibility index (Phi) is 7.06. The molecule has 0 saturated heterocycles. The van der Waals surface area contributed by atoms with E-state index < -0.39 is 22.0 Å². The number of carbonyl (C=O) groups excluding carboxylic acids is 1. The molecule has 9 heteroatoms. The largest absolute Gasteiger partial charge is 0.494 e. The molecule has 0 aliphatic rings. The fraction of sp³-hybridized carbons (Fsp3) is 0.278. The van der Waals surface area contributed by atoms with Crippen LogP contribution in [-0.2, 0) is 14.8 Å². The van der Waals surface area contributed by atoms with E-state index in [4.69, 9.17) is 21.1 Å². The molecule has 1 atom stereocenters. The molecule has 0 fully saturated rings. The third-order valence-corrected chi connectivity index (χ3v) is 5.19. The Morgan fingerprint density at radius 2 is 1.78 bits per heavy atom. The highest BCUT2D eigenvalue weighted by Gasteiger charge is 2.21. The second-order valence-corrected chi connectivity index (χ2v) is 7.76. The molecule has 1 amide bonds. The lowest BCUT2D eigenvalue weighted by Gasteiger charge is -2.16. The Morgan fingerprint density at radius 3 is 2.41 bits per heavy atom. The van der Waals surface area contributed by atoms with Crippen LogP contribution in [0.1, 0.15) is 19.4 Å². The smallest absolute Gasteiger partial charge is 0.275 e. The minimum Gasteiger partial charge on any atom is -0.494 e. The van der Waals surface area contributed by atoms with E-state index in [0.717, 1.165) is 0 Å². The lowest BCUT2D eigenvalue weighted by molar-refractivity contribution is -0.127. The highest BCUT2D eigenvalue weighted by atomic mass is 35.5. The summed E-state index contributed by atoms with van der Waals surface area (Å²) in [6.07, 6.45) is -0.925. The van der Waals surface area contributed by atoms with Crippen molar-refractivity contribution in [3.63, 3.8) is 0 Å². The van der Waals surface area contributed by atoms with Gasteiger partial charge in [0.1, 0.15) is 11.5 Å². The second kappa shape index (κ2) is 9.07. The van der Waals surface area contributed by atoms with Crippen molar-refractivity contribution in [1.82, 2.24) is 10.3 Å². The quantitative estimate of drug-likeness (QED) is 0.650. The first-order valence-electron chi connectivity index (χ1n) is 8.20. The zero-order valence-electron chi connectivity index (χ0n) is 15.2. The minimum atomic E-state index is -3.97. The molecule has 0 aliphatic heterocycles. The van der Waals surface area contributed by atoms with Gasteiger partial charge in [-0.05, 0) is 62.7 Å². The summed E-state index contributed by atoms with van der Waals surface area (Å²) in [6.45, 7) is 5.56. The molecule has 1 unspecified atom stereocenters. The summed E-state index contributed by atoms with van der Waals surface area (Å²) in [6, 6.07) is 11.2. The molecule has 0 bridgehead atoms. The topological polar surface area (TPSA) is 93.7 Å². The van der Waals surface area contributed by atoms with Gasteiger partial charge < -0.3 is 9.47 Å². The van der Waals surface area contributed by atoms with Crippen molar-refractivity contribution in [1.29, 1.82) is 0 Å². The van der Waals surface area contributed by atoms with Gasteiger partial charge in [-0.15, -0.1) is 4.83 Å². The molecule has 2 aromatic rings. The van der Waals surface area contributed by atoms with Gasteiger partial charge in [-0.2, -0.15) is 0 Å². The Balaban J connectivity index is 1.96. The number of aryl methyl sites for hydroxylation is 1. The van der Waals surface area contributed by atoms with Crippen LogP contribution in [0, 0.1) is 6.92 Å². The standard InChI is InChI=1S/C18H21ClN2O5S/c1-4-25-15-7-9-16(10-8-15)26-13(3)18(22)20-21-27(23,24)17-11-14(19)6-5-12(17)2/h5-11,13,21H,4H2,1-3H3,(H,20,22). The van der Waals surface area contributed by atoms with Crippen LogP contribution in [0.25, 0.3) is 0 Å². The van der Waals surface area contributed by atoms with Crippen molar-refractivity contribution in [2.45, 2.75) is 31.8 Å². The van der Waals surface area contributed by atoms with Gasteiger partial charge in [0.2, 0.25) is 0 Å². The van der Waals surface area contributed by atoms with Gasteiger partial charge in [0.15, 0.2) is 6.10 Å². The zero-order chi connectivity index (χ0) is 20.0. The van der Waals surface area contributed by atoms with E-state index in [-0.39, 0.29) is 9.92 Å². The van der Waals surface area contributed by atoms with E-state index in [0.29, 0.717) is 23.7 Å². The molecule has 2 aromatic carbocycles. The maximum absolute atomic E-state index is 12.4. The summed E-state index contributed by atoms with van der Waals surface area (Å²) in [4.78, 5) is 14.2. The molecule has 0 aliphatic carbocycles. The predicted octanol–water partition coefficient (Wildman–Crippen LogP) is 2.82. The van der Waals surface area contributed by atoms with Gasteiger partial charge in [-0.1, -0.05) is 17.7 Å². The van der Waals surface area contributed by atoms with Crippen molar-refractivity contribution < 1.29 is 22.7 Å². The van der Waals surface area contributed by atoms with Crippen LogP contribution in [0.2, 0.25) is 5.02 Å². The van der Waals surface area contributed by atoms with E-state index in [1.165, 1.54) is 13.0 Å². The second-order valence-electron chi connectivity index (χ2n) is 5.67. The first-order valence-corrected chi connectivity index (χ1v) is 10.1. The molecule has 0 aromatic heterocycles. The van der Waals surface area contributed by atoms with Crippen molar-refractivity contribution in [3.05, 3.63) is 53.1 Å². The number of ether oxygens (including phenoxy) is 2. The molecule has 27 heavy (non-hydrogen) atoms. The molecule has 2 rings (SSSR count). The van der Waals surface area contributed by atoms with Crippen molar-refractivity contribution in [2.24, 2.45) is 0 Å². The monoisotopic (exact) mass is 412 g/mol. The van der Waals surface area contributed by atoms with E-state index in [9.17, 15) is 13.2 Å². The first kappa shape index (κ1) is 21.0. The third kappa shape index (κ3) is 5.85. The number of hydrogen-bond donors (Lipinski definition) is 2. The SMILES string of the molecule is CCOc1ccc(OC(C)C(=O)NNS(=O)(=O)c2cc(Cl)ccc2C)cc1. The van der Waals surface area contributed by atoms with E-state index in [1.54, 1.807) is 43.3 Å². The number of sulfonamides is 1. The summed E-state index contributed by atoms with van der Waals surface area (Å²) in [7, 11) is -3.97. The summed E-state index contributed by atoms with van der Waals surface area (Å²) in [5.74, 6) is 0.494. The molecule has 146 valence electrons. The molecule has 0 radical (unpaired) electrons. The zero-order valence-corrected chi connectivity index (χ0v) is 16.7. The van der Waals surface area contributed by atoms with Crippen LogP contribution in [-0.4, -0.2) is 27.0 Å². The number of hydrogen-bond acceptors (Lipinski definition) is 5. The summed E-state index contributed by atoms with van der Waals surface area (Å²) in [5, 5.41) is 0.277. The van der Waals surface area contributed by atoms with Gasteiger partial charge in [0, 0.05) is 5.02 Å². The van der Waals surface area contributed by atoms with Crippen molar-refractivity contribution >= 4 is 27.5 Å². The fourth-order valence-corrected chi connectivity index (χ4v) is 3.53. The maximum Gasteiger partial charge on any atom is 0.275 e. The number of amides is 1. The van der Waals surface area contributed by atoms with Crippen LogP contribution < -0.4 is 19.7 Å². The molecular weight excluding hydrogens is 392 g/mol. The van der Waals surface area contributed by atoms with Crippen LogP contribution in [0.3, 0.4) is 0 Å². The molecule has 2 N–H and O–H groups in total. The van der Waals surface area contributed by atoms with Gasteiger partial charge >= 0.3 is 0 Å². The highest BCUT2D eigenvalue weighted by molar-refractivity contribution is 7.89. The van der Waals surface area contributed by atoms with E-state index in [2.05, 4.69) is 5.43 Å². The van der Waals surface area contributed by atoms with Crippen LogP contribution in [0.5, 0.6) is 11.5 Å². The Hall–Kier alpha value is -2.29. The van der Waals surface area contributed by atoms with Gasteiger partial charge in [0.25, 0.3) is 15.9 Å². The average molecular weight is 413 g/mol. The van der Waals surface area contributed by atoms with Gasteiger partial charge in [0.05, 0.1) is 11.5 Å². The first-order chi connectivity index (χ1) is 12.7. The summed E-state index contributed by atoms with van der Waals surface area (Å²) in [5.41, 5.74) is 2.65. The Bertz CT molecular complexity index is 900. The fourth-order valence-electron chi connectivity index (χ4n) is 2.18. The van der Waals surface area contributed by atoms with Gasteiger partial charge in [-0.3, -0.25) is 10.2 Å². The van der Waals surface area contributed by atoms with Crippen LogP contribution in [0.4, 0.5) is 0 Å². The summed E-state index contributed by atoms with van der Waals surface area (Å²) >= 11 is 5.85. The number of hydrazine groups is 1. The molecular formula is C18H21ClN2O5S. The number of rotatable bonds is 8. The predicted molar refractivity (Wildman–Crippen MR) is 102 cm³/mol. The molecule has 0 spiro atoms. The van der Waals surface area contributed by atoms with Crippen LogP contribution >= 0.6 is 11.6 Å². The third-order valence-electron chi connectivity index (χ3n) is 3.57. The normalized spacial score (nSPS) is 12.3. The lowest BCUT2D eigenvalue weighted by Crippen LogP contribution is -2.47. The highest BCUT2D eigenvalue weighted by Crippen LogP contribution is 2.20. The Labute approximate surface area is 163 Å². The lowest BCUT2D eigenvalue weighted by atomic mass is 10.2. The summed E-state index contributed by atoms with van der Waals surface area (Å²) < 4.78 is 35.5. The maximum atomic E-state index is 12.4. The number of halogens is 1. The number of benzene rings is 2. The van der Waals surface area contributed by atoms with Crippen LogP contribution in [0.15, 0.2) is 47.4 Å². The van der Waals surface area contributed by atoms with E-state index >= 15 is 0 Å². The van der Waals surface area contributed by atoms with E-state index in [1.807, 2.05) is 11.8 Å².